The summed E-state index contributed by atoms with van der Waals surface area (Å²) in [6, 6.07) is 0. The van der Waals surface area contributed by atoms with E-state index < -0.39 is 0 Å². The first-order valence-electron chi connectivity index (χ1n) is 9.05. The molecule has 118 valence electrons. The van der Waals surface area contributed by atoms with Gasteiger partial charge in [-0.15, -0.1) is 11.6 Å². The third kappa shape index (κ3) is 2.73. The normalized spacial score (nSPS) is 48.3. The van der Waals surface area contributed by atoms with Gasteiger partial charge in [-0.25, -0.2) is 0 Å². The van der Waals surface area contributed by atoms with E-state index in [1.54, 1.807) is 0 Å². The summed E-state index contributed by atoms with van der Waals surface area (Å²) in [6.07, 6.45) is 12.4. The fourth-order valence-corrected chi connectivity index (χ4v) is 6.63. The van der Waals surface area contributed by atoms with Crippen molar-refractivity contribution in [2.75, 3.05) is 6.54 Å². The van der Waals surface area contributed by atoms with E-state index in [9.17, 15) is 4.79 Å². The Labute approximate surface area is 133 Å². The Bertz CT molecular complexity index is 386. The maximum absolute atomic E-state index is 12.9. The van der Waals surface area contributed by atoms with Crippen LogP contribution in [0.3, 0.4) is 0 Å². The molecule has 2 nitrogen and oxygen atoms in total. The number of hydrogen-bond acceptors (Lipinski definition) is 1. The first kappa shape index (κ1) is 14.4. The summed E-state index contributed by atoms with van der Waals surface area (Å²) in [5, 5.41) is 3.67. The molecule has 0 aromatic heterocycles. The van der Waals surface area contributed by atoms with E-state index in [4.69, 9.17) is 11.6 Å². The number of alkyl halides is 1. The van der Waals surface area contributed by atoms with Crippen LogP contribution in [0.15, 0.2) is 0 Å². The van der Waals surface area contributed by atoms with Crippen LogP contribution in [0.25, 0.3) is 0 Å². The van der Waals surface area contributed by atoms with Gasteiger partial charge in [0.15, 0.2) is 0 Å². The van der Waals surface area contributed by atoms with Crippen molar-refractivity contribution >= 4 is 17.5 Å². The molecule has 4 bridgehead atoms. The Morgan fingerprint density at radius 2 is 1.62 bits per heavy atom. The monoisotopic (exact) mass is 309 g/mol. The molecular formula is C18H28ClNO. The van der Waals surface area contributed by atoms with Crippen LogP contribution in [0.2, 0.25) is 0 Å². The molecule has 5 aliphatic carbocycles. The van der Waals surface area contributed by atoms with Gasteiger partial charge in [-0.2, -0.15) is 0 Å². The second kappa shape index (κ2) is 5.44. The average molecular weight is 310 g/mol. The van der Waals surface area contributed by atoms with Crippen molar-refractivity contribution in [2.45, 2.75) is 69.6 Å². The second-order valence-electron chi connectivity index (χ2n) is 8.54. The number of carbonyl (C=O) groups is 1. The van der Waals surface area contributed by atoms with Crippen LogP contribution >= 0.6 is 11.6 Å². The summed E-state index contributed by atoms with van der Waals surface area (Å²) in [4.78, 5) is 12.9. The summed E-state index contributed by atoms with van der Waals surface area (Å²) in [5.74, 6) is 3.55. The maximum Gasteiger partial charge on any atom is 0.226 e. The Kier molecular flexibility index (Phi) is 3.72. The van der Waals surface area contributed by atoms with Gasteiger partial charge in [-0.05, 0) is 81.5 Å². The Hall–Kier alpha value is -0.240. The summed E-state index contributed by atoms with van der Waals surface area (Å²) in [5.41, 5.74) is 0.0176. The molecule has 0 saturated heterocycles. The number of rotatable bonds is 3. The number of hydrogen-bond donors (Lipinski definition) is 1. The van der Waals surface area contributed by atoms with Crippen molar-refractivity contribution in [3.8, 4) is 0 Å². The summed E-state index contributed by atoms with van der Waals surface area (Å²) in [6.45, 7) is 0.865. The minimum absolute atomic E-state index is 0.0176. The van der Waals surface area contributed by atoms with Crippen molar-refractivity contribution in [2.24, 2.45) is 29.1 Å². The lowest BCUT2D eigenvalue weighted by molar-refractivity contribution is -0.146. The van der Waals surface area contributed by atoms with E-state index in [-0.39, 0.29) is 5.41 Å². The van der Waals surface area contributed by atoms with Crippen LogP contribution in [0.1, 0.15) is 64.2 Å². The standard InChI is InChI=1S/C18H28ClNO/c19-16-3-1-2-12(7-16)11-20-17(21)18-8-13-4-14(9-18)6-15(5-13)10-18/h12-16H,1-11H2,(H,20,21). The van der Waals surface area contributed by atoms with Crippen LogP contribution in [0.4, 0.5) is 0 Å². The molecule has 3 heteroatoms. The van der Waals surface area contributed by atoms with E-state index in [0.29, 0.717) is 17.2 Å². The molecule has 5 fully saturated rings. The Balaban J connectivity index is 1.36. The van der Waals surface area contributed by atoms with Gasteiger partial charge in [0.1, 0.15) is 0 Å². The third-order valence-corrected chi connectivity index (χ3v) is 7.19. The predicted octanol–water partition coefficient (Wildman–Crippen LogP) is 4.12. The predicted molar refractivity (Wildman–Crippen MR) is 85.2 cm³/mol. The smallest absolute Gasteiger partial charge is 0.226 e. The SMILES string of the molecule is O=C(NCC1CCCC(Cl)C1)C12CC3CC(CC(C3)C1)C2. The molecule has 5 aliphatic rings. The van der Waals surface area contributed by atoms with E-state index in [0.717, 1.165) is 37.1 Å². The third-order valence-electron chi connectivity index (χ3n) is 6.79. The lowest BCUT2D eigenvalue weighted by atomic mass is 9.49. The second-order valence-corrected chi connectivity index (χ2v) is 9.16. The van der Waals surface area contributed by atoms with Gasteiger partial charge in [-0.1, -0.05) is 6.42 Å². The molecule has 2 unspecified atom stereocenters. The van der Waals surface area contributed by atoms with Crippen LogP contribution in [-0.4, -0.2) is 17.8 Å². The van der Waals surface area contributed by atoms with Crippen molar-refractivity contribution in [1.29, 1.82) is 0 Å². The van der Waals surface area contributed by atoms with Crippen LogP contribution < -0.4 is 5.32 Å². The zero-order valence-electron chi connectivity index (χ0n) is 13.0. The van der Waals surface area contributed by atoms with Gasteiger partial charge in [0, 0.05) is 17.3 Å². The summed E-state index contributed by atoms with van der Waals surface area (Å²) < 4.78 is 0. The first-order chi connectivity index (χ1) is 10.1. The van der Waals surface area contributed by atoms with Gasteiger partial charge in [0.25, 0.3) is 0 Å². The minimum Gasteiger partial charge on any atom is -0.355 e. The topological polar surface area (TPSA) is 29.1 Å². The quantitative estimate of drug-likeness (QED) is 0.781. The molecule has 0 aromatic rings. The van der Waals surface area contributed by atoms with Gasteiger partial charge >= 0.3 is 0 Å². The molecule has 0 radical (unpaired) electrons. The number of amides is 1. The molecule has 0 aliphatic heterocycles. The maximum atomic E-state index is 12.9. The molecule has 1 amide bonds. The van der Waals surface area contributed by atoms with Crippen molar-refractivity contribution in [3.63, 3.8) is 0 Å². The molecule has 0 spiro atoms. The zero-order valence-corrected chi connectivity index (χ0v) is 13.7. The highest BCUT2D eigenvalue weighted by Crippen LogP contribution is 2.60. The number of nitrogens with one attached hydrogen (secondary N) is 1. The van der Waals surface area contributed by atoms with E-state index in [1.807, 2.05) is 0 Å². The molecule has 2 atom stereocenters. The van der Waals surface area contributed by atoms with Gasteiger partial charge in [-0.3, -0.25) is 4.79 Å². The van der Waals surface area contributed by atoms with E-state index in [2.05, 4.69) is 5.32 Å². The first-order valence-corrected chi connectivity index (χ1v) is 9.49. The number of carbonyl (C=O) groups excluding carboxylic acids is 1. The highest BCUT2D eigenvalue weighted by molar-refractivity contribution is 6.20. The van der Waals surface area contributed by atoms with E-state index >= 15 is 0 Å². The fraction of sp³-hybridized carbons (Fsp3) is 0.944. The van der Waals surface area contributed by atoms with Crippen LogP contribution in [0.5, 0.6) is 0 Å². The van der Waals surface area contributed by atoms with Crippen molar-refractivity contribution in [3.05, 3.63) is 0 Å². The fourth-order valence-electron chi connectivity index (χ4n) is 6.22. The highest BCUT2D eigenvalue weighted by atomic mass is 35.5. The zero-order chi connectivity index (χ0) is 14.4. The van der Waals surface area contributed by atoms with Crippen LogP contribution in [-0.2, 0) is 4.79 Å². The lowest BCUT2D eigenvalue weighted by Gasteiger charge is -2.55. The van der Waals surface area contributed by atoms with Gasteiger partial charge in [0.05, 0.1) is 0 Å². The van der Waals surface area contributed by atoms with Crippen molar-refractivity contribution < 1.29 is 4.79 Å². The van der Waals surface area contributed by atoms with Gasteiger partial charge < -0.3 is 5.32 Å². The number of halogens is 1. The Morgan fingerprint density at radius 1 is 1.00 bits per heavy atom. The average Bonchev–Trinajstić information content (AvgIpc) is 2.43. The highest BCUT2D eigenvalue weighted by Gasteiger charge is 2.54. The molecule has 0 aromatic carbocycles. The summed E-state index contributed by atoms with van der Waals surface area (Å²) in [7, 11) is 0. The van der Waals surface area contributed by atoms with Gasteiger partial charge in [0.2, 0.25) is 5.91 Å². The molecule has 21 heavy (non-hydrogen) atoms. The largest absolute Gasteiger partial charge is 0.355 e. The van der Waals surface area contributed by atoms with E-state index in [1.165, 1.54) is 51.4 Å². The summed E-state index contributed by atoms with van der Waals surface area (Å²) >= 11 is 6.27. The molecule has 5 rings (SSSR count). The lowest BCUT2D eigenvalue weighted by Crippen LogP contribution is -2.54. The minimum atomic E-state index is 0.0176. The molecular weight excluding hydrogens is 282 g/mol. The molecule has 5 saturated carbocycles. The Morgan fingerprint density at radius 3 is 2.19 bits per heavy atom. The van der Waals surface area contributed by atoms with Crippen molar-refractivity contribution in [1.82, 2.24) is 5.32 Å². The van der Waals surface area contributed by atoms with Crippen LogP contribution in [0, 0.1) is 29.1 Å². The molecule has 0 heterocycles. The molecule has 1 N–H and O–H groups in total.